The molecule has 4 fully saturated rings. The number of aliphatic hydroxyl groups excluding tert-OH is 2. The molecule has 4 nitrogen and oxygen atoms in total. The third-order valence-corrected chi connectivity index (χ3v) is 9.06. The van der Waals surface area contributed by atoms with Crippen LogP contribution in [0.1, 0.15) is 65.2 Å². The first kappa shape index (κ1) is 25.9. The van der Waals surface area contributed by atoms with Crippen molar-refractivity contribution in [3.8, 4) is 0 Å². The minimum absolute atomic E-state index is 0.201. The van der Waals surface area contributed by atoms with Crippen molar-refractivity contribution in [2.24, 2.45) is 23.2 Å². The van der Waals surface area contributed by atoms with Crippen LogP contribution in [-0.4, -0.2) is 59.4 Å². The molecule has 34 heavy (non-hydrogen) atoms. The van der Waals surface area contributed by atoms with Gasteiger partial charge in [-0.3, -0.25) is 4.74 Å². The van der Waals surface area contributed by atoms with Gasteiger partial charge in [-0.2, -0.15) is 0 Å². The number of ether oxygens (including phenoxy) is 1. The molecule has 0 aromatic heterocycles. The first-order chi connectivity index (χ1) is 16.0. The average molecular weight is 484 g/mol. The quantitative estimate of drug-likeness (QED) is 0.552. The molecular weight excluding hydrogens is 443 g/mol. The van der Waals surface area contributed by atoms with Gasteiger partial charge in [0.15, 0.2) is 0 Å². The maximum absolute atomic E-state index is 12.6. The van der Waals surface area contributed by atoms with E-state index in [-0.39, 0.29) is 5.41 Å². The number of hydrogen-bond acceptors (Lipinski definition) is 4. The Morgan fingerprint density at radius 2 is 2.00 bits per heavy atom. The Balaban J connectivity index is 1.41. The van der Waals surface area contributed by atoms with E-state index in [9.17, 15) is 23.4 Å². The summed E-state index contributed by atoms with van der Waals surface area (Å²) >= 11 is 0. The second-order valence-electron chi connectivity index (χ2n) is 11.4. The van der Waals surface area contributed by atoms with Crippen LogP contribution < -0.4 is 0 Å². The van der Waals surface area contributed by atoms with Crippen molar-refractivity contribution in [3.63, 3.8) is 0 Å². The highest BCUT2D eigenvalue weighted by Gasteiger charge is 2.51. The van der Waals surface area contributed by atoms with Gasteiger partial charge in [0.2, 0.25) is 0 Å². The first-order valence-electron chi connectivity index (χ1n) is 12.9. The van der Waals surface area contributed by atoms with Crippen molar-refractivity contribution < 1.29 is 28.1 Å². The summed E-state index contributed by atoms with van der Waals surface area (Å²) in [4.78, 5) is 2.15. The van der Waals surface area contributed by atoms with Crippen molar-refractivity contribution in [2.45, 2.75) is 89.9 Å². The van der Waals surface area contributed by atoms with Crippen molar-refractivity contribution in [1.82, 2.24) is 4.90 Å². The van der Waals surface area contributed by atoms with E-state index < -0.39 is 24.7 Å². The molecule has 0 bridgehead atoms. The van der Waals surface area contributed by atoms with Crippen molar-refractivity contribution in [1.29, 1.82) is 0 Å². The Bertz CT molecular complexity index is 822. The predicted octanol–water partition coefficient (Wildman–Crippen LogP) is 5.37. The van der Waals surface area contributed by atoms with E-state index >= 15 is 0 Å². The van der Waals surface area contributed by atoms with Gasteiger partial charge in [-0.15, -0.1) is 13.2 Å². The van der Waals surface area contributed by atoms with Crippen LogP contribution in [0.15, 0.2) is 35.5 Å². The highest BCUT2D eigenvalue weighted by atomic mass is 19.4. The van der Waals surface area contributed by atoms with Gasteiger partial charge in [-0.05, 0) is 79.3 Å². The fraction of sp³-hybridized carbons (Fsp3) is 0.778. The molecule has 1 saturated heterocycles. The van der Waals surface area contributed by atoms with E-state index in [0.29, 0.717) is 50.1 Å². The molecule has 1 heterocycles. The molecule has 3 saturated carbocycles. The van der Waals surface area contributed by atoms with Crippen LogP contribution in [0.2, 0.25) is 0 Å². The number of fused-ring (bicyclic) bond motifs is 1. The minimum atomic E-state index is -4.56. The molecule has 4 aliphatic rings. The largest absolute Gasteiger partial charge is 0.522 e. The van der Waals surface area contributed by atoms with E-state index in [2.05, 4.69) is 42.2 Å². The maximum Gasteiger partial charge on any atom is 0.522 e. The smallest absolute Gasteiger partial charge is 0.393 e. The first-order valence-corrected chi connectivity index (χ1v) is 12.9. The lowest BCUT2D eigenvalue weighted by Gasteiger charge is -2.45. The number of allylic oxidation sites excluding steroid dienone is 3. The Morgan fingerprint density at radius 1 is 1.24 bits per heavy atom. The monoisotopic (exact) mass is 483 g/mol. The summed E-state index contributed by atoms with van der Waals surface area (Å²) in [7, 11) is 0. The van der Waals surface area contributed by atoms with Gasteiger partial charge in [0.25, 0.3) is 0 Å². The number of likely N-dealkylation sites (tertiary alicyclic amines) is 1. The molecule has 3 aliphatic carbocycles. The van der Waals surface area contributed by atoms with Gasteiger partial charge in [-0.25, -0.2) is 0 Å². The number of nitrogens with zero attached hydrogens (tertiary/aromatic N) is 1. The third kappa shape index (κ3) is 5.63. The fourth-order valence-corrected chi connectivity index (χ4v) is 7.46. The third-order valence-electron chi connectivity index (χ3n) is 9.06. The Morgan fingerprint density at radius 3 is 2.74 bits per heavy atom. The molecule has 2 N–H and O–H groups in total. The molecular formula is C27H40F3NO3. The molecule has 1 aliphatic heterocycles. The maximum atomic E-state index is 12.6. The van der Waals surface area contributed by atoms with Crippen LogP contribution in [-0.2, 0) is 4.74 Å². The summed E-state index contributed by atoms with van der Waals surface area (Å²) < 4.78 is 42.0. The van der Waals surface area contributed by atoms with E-state index in [1.807, 2.05) is 0 Å². The summed E-state index contributed by atoms with van der Waals surface area (Å²) in [5, 5.41) is 20.2. The van der Waals surface area contributed by atoms with Gasteiger partial charge in [0.05, 0.1) is 18.3 Å². The van der Waals surface area contributed by atoms with E-state index in [1.54, 1.807) is 0 Å². The highest BCUT2D eigenvalue weighted by molar-refractivity contribution is 5.38. The molecule has 7 atom stereocenters. The minimum Gasteiger partial charge on any atom is -0.393 e. The Kier molecular flexibility index (Phi) is 7.68. The molecule has 0 aromatic carbocycles. The lowest BCUT2D eigenvalue weighted by molar-refractivity contribution is -0.340. The molecule has 0 amide bonds. The average Bonchev–Trinajstić information content (AvgIpc) is 3.31. The number of hydrogen-bond donors (Lipinski definition) is 2. The lowest BCUT2D eigenvalue weighted by Crippen LogP contribution is -2.39. The molecule has 7 heteroatoms. The lowest BCUT2D eigenvalue weighted by atomic mass is 9.61. The van der Waals surface area contributed by atoms with Crippen LogP contribution >= 0.6 is 0 Å². The van der Waals surface area contributed by atoms with Crippen molar-refractivity contribution in [3.05, 3.63) is 35.5 Å². The highest BCUT2D eigenvalue weighted by Crippen LogP contribution is 2.59. The summed E-state index contributed by atoms with van der Waals surface area (Å²) in [5.74, 6) is 1.47. The summed E-state index contributed by atoms with van der Waals surface area (Å²) in [6.45, 7) is 10.6. The summed E-state index contributed by atoms with van der Waals surface area (Å²) in [5.41, 5.74) is 3.32. The van der Waals surface area contributed by atoms with E-state index in [1.165, 1.54) is 12.0 Å². The van der Waals surface area contributed by atoms with Gasteiger partial charge in [0, 0.05) is 26.1 Å². The number of aliphatic hydroxyl groups is 2. The van der Waals surface area contributed by atoms with Gasteiger partial charge in [-0.1, -0.05) is 38.2 Å². The molecule has 4 rings (SSSR count). The molecule has 0 radical (unpaired) electrons. The number of halogens is 3. The van der Waals surface area contributed by atoms with E-state index in [0.717, 1.165) is 43.4 Å². The summed E-state index contributed by atoms with van der Waals surface area (Å²) in [6, 6.07) is 0. The van der Waals surface area contributed by atoms with Gasteiger partial charge in [0.1, 0.15) is 0 Å². The van der Waals surface area contributed by atoms with Crippen LogP contribution in [0, 0.1) is 23.2 Å². The normalized spacial score (nSPS) is 40.8. The van der Waals surface area contributed by atoms with Crippen molar-refractivity contribution >= 4 is 0 Å². The van der Waals surface area contributed by atoms with Gasteiger partial charge >= 0.3 is 6.36 Å². The van der Waals surface area contributed by atoms with Crippen LogP contribution in [0.25, 0.3) is 0 Å². The molecule has 0 aromatic rings. The van der Waals surface area contributed by atoms with E-state index in [4.69, 9.17) is 0 Å². The number of rotatable bonds is 5. The van der Waals surface area contributed by atoms with Crippen molar-refractivity contribution in [2.75, 3.05) is 19.6 Å². The zero-order valence-electron chi connectivity index (χ0n) is 20.5. The fourth-order valence-electron chi connectivity index (χ4n) is 7.46. The zero-order valence-corrected chi connectivity index (χ0v) is 20.5. The second kappa shape index (κ2) is 10.1. The second-order valence-corrected chi connectivity index (χ2v) is 11.4. The Hall–Kier alpha value is -1.15. The standard InChI is InChI=1S/C27H40F3NO3/c1-17(15-31-12-10-22(16-31)34-27(28,29)30)23-8-9-24-19(5-4-11-26(23,24)3)6-7-20-13-21(32)14-25(33)18(20)2/h6-7,17,21-25,32-33H,2,4-5,8-16H2,1,3H3/b19-6+,20-7+/t17-,21?,22-,23-,24+,25?,26-/m1/s1. The SMILES string of the molecule is C=C1/C(=C/C=C2\CCC[C@]3(C)[C@@H]([C@H](C)CN4CC[C@@H](OC(F)(F)F)C4)CC[C@@H]23)CC(O)CC1O. The molecule has 0 spiro atoms. The zero-order chi connectivity index (χ0) is 24.7. The molecule has 192 valence electrons. The predicted molar refractivity (Wildman–Crippen MR) is 126 cm³/mol. The number of alkyl halides is 3. The topological polar surface area (TPSA) is 52.9 Å². The van der Waals surface area contributed by atoms with Gasteiger partial charge < -0.3 is 15.1 Å². The Labute approximate surface area is 201 Å². The van der Waals surface area contributed by atoms with Crippen LogP contribution in [0.4, 0.5) is 13.2 Å². The molecule has 2 unspecified atom stereocenters. The van der Waals surface area contributed by atoms with Crippen LogP contribution in [0.3, 0.4) is 0 Å². The summed E-state index contributed by atoms with van der Waals surface area (Å²) in [6.07, 6.45) is 4.81. The van der Waals surface area contributed by atoms with Crippen LogP contribution in [0.5, 0.6) is 0 Å².